The minimum Gasteiger partial charge on any atom is -0.756 e. The van der Waals surface area contributed by atoms with E-state index in [1.54, 1.807) is 25.2 Å². The second kappa shape index (κ2) is 14.2. The third-order valence-electron chi connectivity index (χ3n) is 5.86. The standard InChI is InChI=1S/C22H30N6O4S.K.H3O4P/c1-5-7-17-19-20(27(4)25-17)22(29)24-21(23-19)16-14-15(8-9-18(16)32-6-2)33(30,31)28-12-10-26(3)11-13-28;;1-5(2,3)4/h8-9,14H,5-7,10-13H2,1-4H3,(H,23,24,29);;(H3,1,2,3,4)/q;+1;/p-1. The Morgan fingerprint density at radius 3 is 2.33 bits per heavy atom. The fraction of sp³-hybridized carbons (Fsp3) is 0.500. The number of aromatic nitrogens is 4. The number of aryl methyl sites for hydroxylation is 2. The number of likely N-dealkylation sites (N-methyl/N-ethyl adjacent to an activating group) is 1. The molecule has 0 atom stereocenters. The van der Waals surface area contributed by atoms with Crippen LogP contribution in [0, 0.1) is 0 Å². The third-order valence-corrected chi connectivity index (χ3v) is 7.75. The topological polar surface area (TPSA) is 194 Å². The van der Waals surface area contributed by atoms with Crippen LogP contribution in [0.15, 0.2) is 27.9 Å². The van der Waals surface area contributed by atoms with E-state index in [1.165, 1.54) is 8.99 Å². The van der Waals surface area contributed by atoms with Gasteiger partial charge in [-0.1, -0.05) is 13.3 Å². The van der Waals surface area contributed by atoms with Crippen LogP contribution in [0.1, 0.15) is 26.0 Å². The molecule has 39 heavy (non-hydrogen) atoms. The maximum atomic E-state index is 13.3. The number of piperazine rings is 1. The first-order valence-corrected chi connectivity index (χ1v) is 14.9. The van der Waals surface area contributed by atoms with Crippen LogP contribution >= 0.6 is 7.82 Å². The Bertz CT molecular complexity index is 1490. The van der Waals surface area contributed by atoms with Crippen LogP contribution in [0.5, 0.6) is 5.75 Å². The van der Waals surface area contributed by atoms with Crippen molar-refractivity contribution < 1.29 is 83.8 Å². The number of rotatable bonds is 7. The second-order valence-electron chi connectivity index (χ2n) is 8.72. The van der Waals surface area contributed by atoms with Gasteiger partial charge in [0.2, 0.25) is 10.0 Å². The Morgan fingerprint density at radius 1 is 1.15 bits per heavy atom. The summed E-state index contributed by atoms with van der Waals surface area (Å²) in [5.41, 5.74) is 1.75. The summed E-state index contributed by atoms with van der Waals surface area (Å²) in [6.45, 7) is 6.48. The zero-order valence-corrected chi connectivity index (χ0v) is 27.5. The van der Waals surface area contributed by atoms with Gasteiger partial charge in [-0.3, -0.25) is 14.0 Å². The molecule has 1 aromatic carbocycles. The van der Waals surface area contributed by atoms with E-state index in [0.29, 0.717) is 61.6 Å². The Morgan fingerprint density at radius 2 is 1.77 bits per heavy atom. The van der Waals surface area contributed by atoms with Gasteiger partial charge in [-0.05, 0) is 38.6 Å². The molecule has 0 aliphatic carbocycles. The second-order valence-corrected chi connectivity index (χ2v) is 11.6. The number of nitrogens with zero attached hydrogens (tertiary/aromatic N) is 5. The molecule has 1 saturated heterocycles. The third kappa shape index (κ3) is 8.74. The molecule has 3 aromatic rings. The summed E-state index contributed by atoms with van der Waals surface area (Å²) in [5, 5.41) is 4.45. The summed E-state index contributed by atoms with van der Waals surface area (Å²) >= 11 is 0. The van der Waals surface area contributed by atoms with Crippen LogP contribution < -0.4 is 66.6 Å². The van der Waals surface area contributed by atoms with Gasteiger partial charge in [0.15, 0.2) is 5.52 Å². The molecule has 14 nitrogen and oxygen atoms in total. The fourth-order valence-electron chi connectivity index (χ4n) is 4.09. The number of H-pyrrole nitrogens is 1. The van der Waals surface area contributed by atoms with E-state index in [0.717, 1.165) is 12.1 Å². The molecule has 0 radical (unpaired) electrons. The Kier molecular flexibility index (Phi) is 12.5. The smallest absolute Gasteiger partial charge is 0.756 e. The molecule has 0 bridgehead atoms. The largest absolute Gasteiger partial charge is 1.00 e. The molecule has 210 valence electrons. The number of phosphoric acid groups is 1. The summed E-state index contributed by atoms with van der Waals surface area (Å²) in [5.74, 6) is 0.718. The van der Waals surface area contributed by atoms with Crippen molar-refractivity contribution in [2.24, 2.45) is 7.05 Å². The molecule has 2 aromatic heterocycles. The first-order valence-electron chi connectivity index (χ1n) is 11.9. The Hall–Kier alpha value is -1.01. The fourth-order valence-corrected chi connectivity index (χ4v) is 5.54. The van der Waals surface area contributed by atoms with E-state index in [4.69, 9.17) is 29.0 Å². The maximum absolute atomic E-state index is 13.3. The molecule has 17 heteroatoms. The van der Waals surface area contributed by atoms with E-state index in [-0.39, 0.29) is 67.7 Å². The molecular weight excluding hydrogens is 578 g/mol. The molecule has 0 saturated carbocycles. The molecule has 3 heterocycles. The summed E-state index contributed by atoms with van der Waals surface area (Å²) in [7, 11) is -4.90. The average molecular weight is 611 g/mol. The number of hydrogen-bond acceptors (Lipinski definition) is 9. The summed E-state index contributed by atoms with van der Waals surface area (Å²) < 4.78 is 44.2. The van der Waals surface area contributed by atoms with Gasteiger partial charge in [0, 0.05) is 33.2 Å². The van der Waals surface area contributed by atoms with Gasteiger partial charge in [0.25, 0.3) is 13.4 Å². The minimum absolute atomic E-state index is 0. The quantitative estimate of drug-likeness (QED) is 0.183. The molecule has 0 amide bonds. The molecule has 1 aliphatic heterocycles. The predicted octanol–water partition coefficient (Wildman–Crippen LogP) is -2.95. The Balaban J connectivity index is 0.000000816. The summed E-state index contributed by atoms with van der Waals surface area (Å²) in [6.07, 6.45) is 1.54. The number of fused-ring (bicyclic) bond motifs is 1. The first kappa shape index (κ1) is 34.2. The molecule has 0 unspecified atom stereocenters. The zero-order valence-electron chi connectivity index (χ0n) is 22.6. The van der Waals surface area contributed by atoms with E-state index in [2.05, 4.69) is 15.0 Å². The van der Waals surface area contributed by atoms with Crippen molar-refractivity contribution in [2.45, 2.75) is 31.6 Å². The van der Waals surface area contributed by atoms with Crippen molar-refractivity contribution in [3.05, 3.63) is 34.2 Å². The van der Waals surface area contributed by atoms with E-state index in [9.17, 15) is 13.2 Å². The zero-order chi connectivity index (χ0) is 28.3. The van der Waals surface area contributed by atoms with E-state index < -0.39 is 17.8 Å². The number of benzene rings is 1. The molecule has 3 N–H and O–H groups in total. The number of hydrogen-bond donors (Lipinski definition) is 3. The van der Waals surface area contributed by atoms with Crippen LogP contribution in [-0.2, 0) is 28.1 Å². The van der Waals surface area contributed by atoms with Crippen molar-refractivity contribution in [3.8, 4) is 17.1 Å². The monoisotopic (exact) mass is 610 g/mol. The number of ether oxygens (including phenoxy) is 1. The average Bonchev–Trinajstić information content (AvgIpc) is 3.14. The van der Waals surface area contributed by atoms with Gasteiger partial charge in [-0.2, -0.15) is 9.40 Å². The van der Waals surface area contributed by atoms with Crippen molar-refractivity contribution in [2.75, 3.05) is 39.8 Å². The van der Waals surface area contributed by atoms with Gasteiger partial charge in [0.05, 0.1) is 22.8 Å². The molecular formula is C22H32KN6O8PS. The molecule has 4 rings (SSSR count). The van der Waals surface area contributed by atoms with Gasteiger partial charge in [-0.15, -0.1) is 0 Å². The van der Waals surface area contributed by atoms with Gasteiger partial charge in [-0.25, -0.2) is 13.4 Å². The Labute approximate surface area is 269 Å². The van der Waals surface area contributed by atoms with Crippen LogP contribution in [0.2, 0.25) is 0 Å². The van der Waals surface area contributed by atoms with Crippen LogP contribution in [0.25, 0.3) is 22.4 Å². The van der Waals surface area contributed by atoms with Crippen molar-refractivity contribution >= 4 is 28.9 Å². The van der Waals surface area contributed by atoms with Crippen molar-refractivity contribution in [1.29, 1.82) is 0 Å². The first-order chi connectivity index (χ1) is 17.8. The van der Waals surface area contributed by atoms with Crippen LogP contribution in [0.4, 0.5) is 0 Å². The van der Waals surface area contributed by atoms with Crippen LogP contribution in [0.3, 0.4) is 0 Å². The number of nitrogens with one attached hydrogen (secondary N) is 1. The normalized spacial score (nSPS) is 14.9. The van der Waals surface area contributed by atoms with Crippen molar-refractivity contribution in [1.82, 2.24) is 29.0 Å². The summed E-state index contributed by atoms with van der Waals surface area (Å²) in [6, 6.07) is 4.71. The van der Waals surface area contributed by atoms with E-state index in [1.807, 2.05) is 20.9 Å². The molecule has 1 fully saturated rings. The molecule has 1 aliphatic rings. The van der Waals surface area contributed by atoms with Gasteiger partial charge < -0.3 is 29.3 Å². The SMILES string of the molecule is CCCc1nn(C)c2c(=O)[nH]c(-c3cc(S(=O)(=O)N4CCN(C)CC4)ccc3OCC)nc12.O=P([O-])(O)O.[K+]. The number of aromatic amines is 1. The van der Waals surface area contributed by atoms with E-state index >= 15 is 0 Å². The number of sulfonamides is 1. The van der Waals surface area contributed by atoms with Crippen molar-refractivity contribution in [3.63, 3.8) is 0 Å². The predicted molar refractivity (Wildman–Crippen MR) is 138 cm³/mol. The van der Waals surface area contributed by atoms with Crippen LogP contribution in [-0.4, -0.2) is 87.0 Å². The van der Waals surface area contributed by atoms with Gasteiger partial charge >= 0.3 is 51.4 Å². The summed E-state index contributed by atoms with van der Waals surface area (Å²) in [4.78, 5) is 45.6. The molecule has 0 spiro atoms. The van der Waals surface area contributed by atoms with Gasteiger partial charge in [0.1, 0.15) is 17.1 Å². The minimum atomic E-state index is -4.89. The maximum Gasteiger partial charge on any atom is 1.00 e.